The first kappa shape index (κ1) is 49.8. The number of hydrogen-bond donors (Lipinski definition) is 4. The van der Waals surface area contributed by atoms with Crippen molar-refractivity contribution in [3.8, 4) is 0 Å². The number of aliphatic hydroxyl groups is 4. The van der Waals surface area contributed by atoms with Crippen LogP contribution in [0.3, 0.4) is 0 Å². The van der Waals surface area contributed by atoms with Crippen molar-refractivity contribution >= 4 is 23.9 Å². The highest BCUT2D eigenvalue weighted by molar-refractivity contribution is 5.82. The van der Waals surface area contributed by atoms with E-state index in [1.807, 2.05) is 6.92 Å². The van der Waals surface area contributed by atoms with E-state index >= 15 is 0 Å². The van der Waals surface area contributed by atoms with Crippen molar-refractivity contribution in [3.05, 3.63) is 49.1 Å². The monoisotopic (exact) mass is 772 g/mol. The Kier molecular flexibility index (Phi) is 33.1. The van der Waals surface area contributed by atoms with Crippen LogP contribution >= 0.6 is 0 Å². The third-order valence-corrected chi connectivity index (χ3v) is 7.38. The van der Waals surface area contributed by atoms with Crippen LogP contribution in [0.4, 0.5) is 0 Å². The second kappa shape index (κ2) is 35.8. The smallest absolute Gasteiger partial charge is 0.332 e. The van der Waals surface area contributed by atoms with Gasteiger partial charge in [-0.25, -0.2) is 19.2 Å². The van der Waals surface area contributed by atoms with Gasteiger partial charge in [-0.15, -0.1) is 0 Å². The fourth-order valence-corrected chi connectivity index (χ4v) is 4.37. The van der Waals surface area contributed by atoms with Crippen molar-refractivity contribution in [1.29, 1.82) is 0 Å². The van der Waals surface area contributed by atoms with Crippen molar-refractivity contribution in [2.75, 3.05) is 119 Å². The number of nitrogens with zero attached hydrogens (tertiary/aromatic N) is 4. The van der Waals surface area contributed by atoms with Gasteiger partial charge in [0.25, 0.3) is 0 Å². The zero-order chi connectivity index (χ0) is 40.1. The SMILES string of the molecule is CCCCOC(=O)/C=C/N(CCO)CCN(/C=C/C(=O)OCCCCCCOC(=O)/C=C/N(CCO)CCN(/C=C/C(=O)OCCOC)CCO)CCO. The van der Waals surface area contributed by atoms with Gasteiger partial charge in [-0.1, -0.05) is 13.3 Å². The number of esters is 4. The normalized spacial score (nSPS) is 11.4. The van der Waals surface area contributed by atoms with Crippen molar-refractivity contribution in [2.45, 2.75) is 45.4 Å². The lowest BCUT2D eigenvalue weighted by Gasteiger charge is -2.25. The van der Waals surface area contributed by atoms with Gasteiger partial charge in [-0.05, 0) is 32.1 Å². The fraction of sp³-hybridized carbons (Fsp3) is 0.676. The third kappa shape index (κ3) is 30.3. The van der Waals surface area contributed by atoms with Crippen LogP contribution in [0.25, 0.3) is 0 Å². The molecular formula is C37H64N4O13. The molecule has 0 aliphatic heterocycles. The minimum absolute atomic E-state index is 0.113. The third-order valence-electron chi connectivity index (χ3n) is 7.38. The molecular weight excluding hydrogens is 708 g/mol. The Morgan fingerprint density at radius 1 is 0.426 bits per heavy atom. The molecule has 0 spiro atoms. The first-order chi connectivity index (χ1) is 26.2. The summed E-state index contributed by atoms with van der Waals surface area (Å²) in [6, 6.07) is 0. The van der Waals surface area contributed by atoms with Crippen molar-refractivity contribution < 1.29 is 63.3 Å². The molecule has 17 nitrogen and oxygen atoms in total. The van der Waals surface area contributed by atoms with Gasteiger partial charge >= 0.3 is 23.9 Å². The van der Waals surface area contributed by atoms with Crippen LogP contribution in [0.1, 0.15) is 45.4 Å². The summed E-state index contributed by atoms with van der Waals surface area (Å²) in [5.41, 5.74) is 0. The fourth-order valence-electron chi connectivity index (χ4n) is 4.37. The topological polar surface area (TPSA) is 208 Å². The molecule has 0 radical (unpaired) electrons. The lowest BCUT2D eigenvalue weighted by Crippen LogP contribution is -2.33. The molecule has 0 heterocycles. The number of unbranched alkanes of at least 4 members (excludes halogenated alkanes) is 4. The molecule has 0 atom stereocenters. The maximum atomic E-state index is 12.2. The standard InChI is InChI=1S/C37H64N4O13/c1-3-4-29-51-34(46)9-13-38(21-25-42)17-18-39(22-26-43)14-10-35(47)52-30-7-5-6-8-31-53-36(48)11-15-40(23-27-44)19-20-41(24-28-45)16-12-37(49)54-33-32-50-2/h9-16,42-45H,3-8,17-33H2,1-2H3/b13-9+,14-10+,15-11+,16-12+. The quantitative estimate of drug-likeness (QED) is 0.0298. The van der Waals surface area contributed by atoms with Gasteiger partial charge in [-0.2, -0.15) is 0 Å². The van der Waals surface area contributed by atoms with Gasteiger partial charge in [-0.3, -0.25) is 0 Å². The molecule has 0 unspecified atom stereocenters. The molecule has 4 N–H and O–H groups in total. The summed E-state index contributed by atoms with van der Waals surface area (Å²) < 4.78 is 25.4. The molecule has 0 aromatic rings. The maximum absolute atomic E-state index is 12.2. The molecule has 17 heteroatoms. The van der Waals surface area contributed by atoms with Gasteiger partial charge < -0.3 is 63.7 Å². The molecule has 0 aliphatic carbocycles. The van der Waals surface area contributed by atoms with E-state index in [1.54, 1.807) is 32.0 Å². The predicted molar refractivity (Wildman–Crippen MR) is 200 cm³/mol. The molecule has 310 valence electrons. The number of carbonyl (C=O) groups is 4. The average molecular weight is 773 g/mol. The van der Waals surface area contributed by atoms with E-state index in [0.717, 1.165) is 25.7 Å². The number of carbonyl (C=O) groups excluding carboxylic acids is 4. The minimum Gasteiger partial charge on any atom is -0.462 e. The average Bonchev–Trinajstić information content (AvgIpc) is 3.15. The van der Waals surface area contributed by atoms with E-state index < -0.39 is 23.9 Å². The van der Waals surface area contributed by atoms with Gasteiger partial charge in [0.1, 0.15) is 6.61 Å². The largest absolute Gasteiger partial charge is 0.462 e. The van der Waals surface area contributed by atoms with E-state index in [4.69, 9.17) is 23.7 Å². The first-order valence-corrected chi connectivity index (χ1v) is 18.5. The van der Waals surface area contributed by atoms with E-state index in [1.165, 1.54) is 43.8 Å². The van der Waals surface area contributed by atoms with Crippen LogP contribution in [-0.2, 0) is 42.9 Å². The molecule has 0 aromatic carbocycles. The Hall–Kier alpha value is -4.16. The van der Waals surface area contributed by atoms with Gasteiger partial charge in [0.15, 0.2) is 0 Å². The van der Waals surface area contributed by atoms with E-state index in [9.17, 15) is 39.6 Å². The molecule has 0 bridgehead atoms. The molecule has 0 fully saturated rings. The summed E-state index contributed by atoms with van der Waals surface area (Å²) >= 11 is 0. The summed E-state index contributed by atoms with van der Waals surface area (Å²) in [6.07, 6.45) is 15.8. The summed E-state index contributed by atoms with van der Waals surface area (Å²) in [4.78, 5) is 55.0. The second-order valence-corrected chi connectivity index (χ2v) is 11.7. The molecule has 0 saturated carbocycles. The Morgan fingerprint density at radius 3 is 1.00 bits per heavy atom. The summed E-state index contributed by atoms with van der Waals surface area (Å²) in [7, 11) is 1.50. The van der Waals surface area contributed by atoms with Gasteiger partial charge in [0, 0.05) is 109 Å². The van der Waals surface area contributed by atoms with E-state index in [2.05, 4.69) is 0 Å². The number of ether oxygens (including phenoxy) is 5. The Labute approximate surface area is 320 Å². The lowest BCUT2D eigenvalue weighted by molar-refractivity contribution is -0.139. The van der Waals surface area contributed by atoms with Gasteiger partial charge in [0.2, 0.25) is 0 Å². The van der Waals surface area contributed by atoms with Crippen molar-refractivity contribution in [3.63, 3.8) is 0 Å². The van der Waals surface area contributed by atoms with Crippen molar-refractivity contribution in [2.24, 2.45) is 0 Å². The number of methoxy groups -OCH3 is 1. The zero-order valence-corrected chi connectivity index (χ0v) is 32.1. The summed E-state index contributed by atoms with van der Waals surface area (Å²) in [6.45, 7) is 5.45. The number of aliphatic hydroxyl groups excluding tert-OH is 4. The highest BCUT2D eigenvalue weighted by Gasteiger charge is 2.08. The summed E-state index contributed by atoms with van der Waals surface area (Å²) in [5, 5.41) is 37.6. The first-order valence-electron chi connectivity index (χ1n) is 18.5. The molecule has 0 aromatic heterocycles. The Morgan fingerprint density at radius 2 is 0.722 bits per heavy atom. The van der Waals surface area contributed by atoms with Crippen LogP contribution in [0, 0.1) is 0 Å². The second-order valence-electron chi connectivity index (χ2n) is 11.7. The van der Waals surface area contributed by atoms with Gasteiger partial charge in [0.05, 0.1) is 52.9 Å². The van der Waals surface area contributed by atoms with Crippen LogP contribution in [0.5, 0.6) is 0 Å². The van der Waals surface area contributed by atoms with Crippen molar-refractivity contribution in [1.82, 2.24) is 19.6 Å². The highest BCUT2D eigenvalue weighted by atomic mass is 16.6. The van der Waals surface area contributed by atoms with E-state index in [-0.39, 0.29) is 72.5 Å². The Balaban J connectivity index is 4.45. The van der Waals surface area contributed by atoms with Crippen LogP contribution < -0.4 is 0 Å². The molecule has 0 rings (SSSR count). The minimum atomic E-state index is -0.537. The lowest BCUT2D eigenvalue weighted by atomic mass is 10.2. The van der Waals surface area contributed by atoms with Crippen LogP contribution in [0.2, 0.25) is 0 Å². The molecule has 0 saturated heterocycles. The highest BCUT2D eigenvalue weighted by Crippen LogP contribution is 2.03. The predicted octanol–water partition coefficient (Wildman–Crippen LogP) is 0.398. The molecule has 0 amide bonds. The molecule has 0 aliphatic rings. The Bertz CT molecular complexity index is 1020. The summed E-state index contributed by atoms with van der Waals surface area (Å²) in [5.74, 6) is -2.04. The number of hydrogen-bond acceptors (Lipinski definition) is 17. The van der Waals surface area contributed by atoms with E-state index in [0.29, 0.717) is 52.2 Å². The van der Waals surface area contributed by atoms with Crippen LogP contribution in [0.15, 0.2) is 49.1 Å². The maximum Gasteiger partial charge on any atom is 0.332 e. The molecule has 54 heavy (non-hydrogen) atoms. The number of rotatable bonds is 35. The zero-order valence-electron chi connectivity index (χ0n) is 32.1. The van der Waals surface area contributed by atoms with Crippen LogP contribution in [-0.4, -0.2) is 183 Å².